The molecule has 1 fully saturated rings. The standard InChI is InChI=1S/C13H15N3O4/c1-16-10(17)5-9(13(20)15-7-11(18)19)12(16)8-3-2-4-14-6-8/h2-4,6,9,12H,5,7H2,1H3,(H,15,20)(H,18,19). The molecule has 2 unspecified atom stereocenters. The number of hydrogen-bond acceptors (Lipinski definition) is 4. The van der Waals surface area contributed by atoms with Gasteiger partial charge in [0.1, 0.15) is 6.54 Å². The van der Waals surface area contributed by atoms with Gasteiger partial charge in [0.05, 0.1) is 12.0 Å². The van der Waals surface area contributed by atoms with Crippen LogP contribution < -0.4 is 5.32 Å². The lowest BCUT2D eigenvalue weighted by molar-refractivity contribution is -0.138. The van der Waals surface area contributed by atoms with Gasteiger partial charge in [0.15, 0.2) is 0 Å². The van der Waals surface area contributed by atoms with Crippen molar-refractivity contribution in [2.75, 3.05) is 13.6 Å². The van der Waals surface area contributed by atoms with E-state index in [1.807, 2.05) is 0 Å². The van der Waals surface area contributed by atoms with Crippen LogP contribution in [0.3, 0.4) is 0 Å². The Morgan fingerprint density at radius 1 is 1.55 bits per heavy atom. The molecule has 7 nitrogen and oxygen atoms in total. The molecular formula is C13H15N3O4. The molecule has 1 aliphatic heterocycles. The van der Waals surface area contributed by atoms with Crippen LogP contribution in [0.25, 0.3) is 0 Å². The Balaban J connectivity index is 2.20. The second kappa shape index (κ2) is 5.68. The number of nitrogens with one attached hydrogen (secondary N) is 1. The molecule has 2 rings (SSSR count). The minimum atomic E-state index is -1.12. The summed E-state index contributed by atoms with van der Waals surface area (Å²) in [6, 6.07) is 3.12. The molecule has 1 aromatic rings. The number of aromatic nitrogens is 1. The Morgan fingerprint density at radius 3 is 2.90 bits per heavy atom. The summed E-state index contributed by atoms with van der Waals surface area (Å²) in [6.45, 7) is -0.451. The topological polar surface area (TPSA) is 99.6 Å². The summed E-state index contributed by atoms with van der Waals surface area (Å²) >= 11 is 0. The van der Waals surface area contributed by atoms with Gasteiger partial charge in [-0.2, -0.15) is 0 Å². The zero-order chi connectivity index (χ0) is 14.7. The van der Waals surface area contributed by atoms with E-state index in [1.54, 1.807) is 31.6 Å². The van der Waals surface area contributed by atoms with Crippen molar-refractivity contribution in [1.82, 2.24) is 15.2 Å². The van der Waals surface area contributed by atoms with Crippen LogP contribution in [-0.2, 0) is 14.4 Å². The first-order valence-corrected chi connectivity index (χ1v) is 6.16. The van der Waals surface area contributed by atoms with E-state index in [4.69, 9.17) is 5.11 Å². The number of carbonyl (C=O) groups is 3. The number of amides is 2. The van der Waals surface area contributed by atoms with E-state index in [9.17, 15) is 14.4 Å². The molecule has 1 saturated heterocycles. The van der Waals surface area contributed by atoms with E-state index in [-0.39, 0.29) is 12.3 Å². The maximum atomic E-state index is 12.1. The third-order valence-corrected chi connectivity index (χ3v) is 3.36. The highest BCUT2D eigenvalue weighted by molar-refractivity contribution is 5.91. The quantitative estimate of drug-likeness (QED) is 0.794. The summed E-state index contributed by atoms with van der Waals surface area (Å²) < 4.78 is 0. The van der Waals surface area contributed by atoms with Crippen molar-refractivity contribution in [3.05, 3.63) is 30.1 Å². The highest BCUT2D eigenvalue weighted by atomic mass is 16.4. The number of rotatable bonds is 4. The number of likely N-dealkylation sites (tertiary alicyclic amines) is 1. The SMILES string of the molecule is CN1C(=O)CC(C(=O)NCC(=O)O)C1c1cccnc1. The maximum absolute atomic E-state index is 12.1. The third kappa shape index (κ3) is 2.76. The number of carboxylic acid groups (broad SMARTS) is 1. The van der Waals surface area contributed by atoms with Crippen molar-refractivity contribution < 1.29 is 19.5 Å². The van der Waals surface area contributed by atoms with Crippen molar-refractivity contribution in [2.24, 2.45) is 5.92 Å². The highest BCUT2D eigenvalue weighted by Crippen LogP contribution is 2.36. The Bertz CT molecular complexity index is 532. The van der Waals surface area contributed by atoms with Gasteiger partial charge in [-0.25, -0.2) is 0 Å². The molecule has 0 saturated carbocycles. The lowest BCUT2D eigenvalue weighted by Gasteiger charge is -2.24. The minimum absolute atomic E-state index is 0.0709. The molecule has 2 atom stereocenters. The number of nitrogens with zero attached hydrogens (tertiary/aromatic N) is 2. The maximum Gasteiger partial charge on any atom is 0.322 e. The summed E-state index contributed by atoms with van der Waals surface area (Å²) in [5.41, 5.74) is 0.760. The monoisotopic (exact) mass is 277 g/mol. The number of hydrogen-bond donors (Lipinski definition) is 2. The van der Waals surface area contributed by atoms with Gasteiger partial charge in [-0.05, 0) is 11.6 Å². The Morgan fingerprint density at radius 2 is 2.30 bits per heavy atom. The van der Waals surface area contributed by atoms with Crippen LogP contribution in [0.4, 0.5) is 0 Å². The van der Waals surface area contributed by atoms with E-state index in [2.05, 4.69) is 10.3 Å². The minimum Gasteiger partial charge on any atom is -0.480 e. The van der Waals surface area contributed by atoms with E-state index < -0.39 is 30.4 Å². The van der Waals surface area contributed by atoms with Crippen LogP contribution in [0.1, 0.15) is 18.0 Å². The lowest BCUT2D eigenvalue weighted by atomic mass is 9.94. The van der Waals surface area contributed by atoms with Gasteiger partial charge >= 0.3 is 5.97 Å². The summed E-state index contributed by atoms with van der Waals surface area (Å²) in [5.74, 6) is -2.29. The molecule has 0 aromatic carbocycles. The van der Waals surface area contributed by atoms with Gasteiger partial charge in [-0.3, -0.25) is 19.4 Å². The van der Waals surface area contributed by atoms with Gasteiger partial charge in [0, 0.05) is 25.9 Å². The summed E-state index contributed by atoms with van der Waals surface area (Å²) in [7, 11) is 1.63. The lowest BCUT2D eigenvalue weighted by Crippen LogP contribution is -2.37. The van der Waals surface area contributed by atoms with Crippen LogP contribution in [-0.4, -0.2) is 46.4 Å². The molecule has 2 amide bonds. The fraction of sp³-hybridized carbons (Fsp3) is 0.385. The molecule has 1 aliphatic rings. The first-order chi connectivity index (χ1) is 9.50. The van der Waals surface area contributed by atoms with Crippen molar-refractivity contribution in [2.45, 2.75) is 12.5 Å². The molecule has 2 N–H and O–H groups in total. The van der Waals surface area contributed by atoms with E-state index in [0.717, 1.165) is 5.56 Å². The first kappa shape index (κ1) is 14.0. The summed E-state index contributed by atoms with van der Waals surface area (Å²) in [6.07, 6.45) is 3.29. The van der Waals surface area contributed by atoms with Crippen molar-refractivity contribution in [3.63, 3.8) is 0 Å². The van der Waals surface area contributed by atoms with Gasteiger partial charge in [-0.1, -0.05) is 6.07 Å². The number of aliphatic carboxylic acids is 1. The predicted molar refractivity (Wildman–Crippen MR) is 68.5 cm³/mol. The van der Waals surface area contributed by atoms with Crippen LogP contribution in [0.2, 0.25) is 0 Å². The summed E-state index contributed by atoms with van der Waals surface area (Å²) in [4.78, 5) is 39.9. The van der Waals surface area contributed by atoms with Crippen molar-refractivity contribution in [1.29, 1.82) is 0 Å². The number of carboxylic acids is 1. The van der Waals surface area contributed by atoms with Crippen LogP contribution in [0, 0.1) is 5.92 Å². The molecule has 0 aliphatic carbocycles. The molecule has 1 aromatic heterocycles. The Kier molecular flexibility index (Phi) is 3.97. The fourth-order valence-corrected chi connectivity index (χ4v) is 2.41. The second-order valence-corrected chi connectivity index (χ2v) is 4.66. The van der Waals surface area contributed by atoms with Gasteiger partial charge in [0.2, 0.25) is 11.8 Å². The number of carbonyl (C=O) groups excluding carboxylic acids is 2. The molecule has 0 bridgehead atoms. The van der Waals surface area contributed by atoms with E-state index >= 15 is 0 Å². The van der Waals surface area contributed by atoms with Gasteiger partial charge < -0.3 is 15.3 Å². The number of pyridine rings is 1. The Labute approximate surface area is 115 Å². The summed E-state index contributed by atoms with van der Waals surface area (Å²) in [5, 5.41) is 10.9. The van der Waals surface area contributed by atoms with Gasteiger partial charge in [-0.15, -0.1) is 0 Å². The zero-order valence-corrected chi connectivity index (χ0v) is 10.9. The average molecular weight is 277 g/mol. The molecule has 20 heavy (non-hydrogen) atoms. The van der Waals surface area contributed by atoms with Crippen LogP contribution >= 0.6 is 0 Å². The predicted octanol–water partition coefficient (Wildman–Crippen LogP) is -0.198. The zero-order valence-electron chi connectivity index (χ0n) is 10.9. The molecular weight excluding hydrogens is 262 g/mol. The average Bonchev–Trinajstić information content (AvgIpc) is 2.73. The highest BCUT2D eigenvalue weighted by Gasteiger charge is 2.42. The Hall–Kier alpha value is -2.44. The second-order valence-electron chi connectivity index (χ2n) is 4.66. The van der Waals surface area contributed by atoms with Gasteiger partial charge in [0.25, 0.3) is 0 Å². The molecule has 2 heterocycles. The normalized spacial score (nSPS) is 21.9. The van der Waals surface area contributed by atoms with Crippen molar-refractivity contribution in [3.8, 4) is 0 Å². The van der Waals surface area contributed by atoms with E-state index in [1.165, 1.54) is 4.90 Å². The molecule has 0 radical (unpaired) electrons. The molecule has 106 valence electrons. The third-order valence-electron chi connectivity index (χ3n) is 3.36. The molecule has 0 spiro atoms. The van der Waals surface area contributed by atoms with E-state index in [0.29, 0.717) is 0 Å². The smallest absolute Gasteiger partial charge is 0.322 e. The first-order valence-electron chi connectivity index (χ1n) is 6.16. The van der Waals surface area contributed by atoms with Crippen molar-refractivity contribution >= 4 is 17.8 Å². The largest absolute Gasteiger partial charge is 0.480 e. The fourth-order valence-electron chi connectivity index (χ4n) is 2.41. The van der Waals surface area contributed by atoms with Crippen LogP contribution in [0.15, 0.2) is 24.5 Å². The molecule has 7 heteroatoms. The van der Waals surface area contributed by atoms with Crippen LogP contribution in [0.5, 0.6) is 0 Å².